The van der Waals surface area contributed by atoms with Crippen LogP contribution in [-0.2, 0) is 19.6 Å². The average Bonchev–Trinajstić information content (AvgIpc) is 2.47. The number of carbonyl (C=O) groups excluding carboxylic acids is 1. The van der Waals surface area contributed by atoms with E-state index in [9.17, 15) is 17.6 Å². The van der Waals surface area contributed by atoms with Crippen molar-refractivity contribution in [3.63, 3.8) is 0 Å². The topological polar surface area (TPSA) is 89.7 Å². The summed E-state index contributed by atoms with van der Waals surface area (Å²) in [5, 5.41) is 0. The van der Waals surface area contributed by atoms with Crippen molar-refractivity contribution in [1.29, 1.82) is 0 Å². The highest BCUT2D eigenvalue weighted by molar-refractivity contribution is 7.92. The number of ether oxygens (including phenoxy) is 1. The lowest BCUT2D eigenvalue weighted by Gasteiger charge is -2.37. The molecule has 0 saturated carbocycles. The van der Waals surface area contributed by atoms with E-state index >= 15 is 0 Å². The molecule has 1 saturated heterocycles. The number of primary amides is 1. The fourth-order valence-corrected chi connectivity index (χ4v) is 4.71. The second-order valence-electron chi connectivity index (χ2n) is 6.94. The monoisotopic (exact) mass is 372 g/mol. The van der Waals surface area contributed by atoms with E-state index < -0.39 is 27.9 Å². The van der Waals surface area contributed by atoms with Crippen LogP contribution in [0.2, 0.25) is 0 Å². The molecule has 1 aromatic carbocycles. The van der Waals surface area contributed by atoms with Gasteiger partial charge in [-0.15, -0.1) is 0 Å². The van der Waals surface area contributed by atoms with Crippen LogP contribution in [0.15, 0.2) is 24.3 Å². The summed E-state index contributed by atoms with van der Waals surface area (Å²) in [6, 6.07) is 5.11. The Kier molecular flexibility index (Phi) is 6.05. The van der Waals surface area contributed by atoms with Crippen LogP contribution in [0.5, 0.6) is 0 Å². The third kappa shape index (κ3) is 5.67. The first kappa shape index (κ1) is 19.7. The predicted molar refractivity (Wildman–Crippen MR) is 94.1 cm³/mol. The van der Waals surface area contributed by atoms with E-state index in [1.807, 2.05) is 13.8 Å². The molecule has 1 unspecified atom stereocenters. The van der Waals surface area contributed by atoms with Gasteiger partial charge in [0.25, 0.3) is 0 Å². The molecule has 2 rings (SSSR count). The lowest BCUT2D eigenvalue weighted by Crippen LogP contribution is -2.43. The molecule has 1 aromatic rings. The standard InChI is InChI=1S/C17H25FN2O4S/c1-17(2)10-3-4-15(24-17)12-25(22,23)20(11-9-16(19)21)14-7-5-13(18)6-8-14/h5-8,15H,3-4,9-12H2,1-2H3,(H2,19,21). The number of carbonyl (C=O) groups is 1. The highest BCUT2D eigenvalue weighted by atomic mass is 32.2. The molecule has 1 aliphatic rings. The molecule has 6 nitrogen and oxygen atoms in total. The maximum absolute atomic E-state index is 13.2. The van der Waals surface area contributed by atoms with Crippen LogP contribution in [0.1, 0.15) is 39.5 Å². The van der Waals surface area contributed by atoms with E-state index in [1.54, 1.807) is 0 Å². The molecule has 0 aliphatic carbocycles. The van der Waals surface area contributed by atoms with Crippen LogP contribution >= 0.6 is 0 Å². The first-order valence-electron chi connectivity index (χ1n) is 8.31. The van der Waals surface area contributed by atoms with Gasteiger partial charge in [0.2, 0.25) is 15.9 Å². The fourth-order valence-electron chi connectivity index (χ4n) is 3.01. The molecule has 0 radical (unpaired) electrons. The van der Waals surface area contributed by atoms with Gasteiger partial charge in [-0.05, 0) is 57.4 Å². The Hall–Kier alpha value is -1.67. The van der Waals surface area contributed by atoms with Gasteiger partial charge in [-0.2, -0.15) is 0 Å². The van der Waals surface area contributed by atoms with Crippen LogP contribution in [0.25, 0.3) is 0 Å². The summed E-state index contributed by atoms with van der Waals surface area (Å²) < 4.78 is 46.0. The summed E-state index contributed by atoms with van der Waals surface area (Å²) in [6.45, 7) is 3.80. The van der Waals surface area contributed by atoms with Gasteiger partial charge in [0.05, 0.1) is 23.1 Å². The summed E-state index contributed by atoms with van der Waals surface area (Å²) in [5.41, 5.74) is 5.11. The molecule has 1 fully saturated rings. The van der Waals surface area contributed by atoms with E-state index in [-0.39, 0.29) is 24.3 Å². The smallest absolute Gasteiger partial charge is 0.237 e. The number of halogens is 1. The van der Waals surface area contributed by atoms with Crippen molar-refractivity contribution in [2.45, 2.75) is 51.2 Å². The summed E-state index contributed by atoms with van der Waals surface area (Å²) in [6.07, 6.45) is 1.91. The second kappa shape index (κ2) is 7.70. The van der Waals surface area contributed by atoms with Gasteiger partial charge in [0.1, 0.15) is 5.82 Å². The van der Waals surface area contributed by atoms with Crippen molar-refractivity contribution in [3.05, 3.63) is 30.1 Å². The number of benzene rings is 1. The van der Waals surface area contributed by atoms with E-state index in [4.69, 9.17) is 10.5 Å². The maximum atomic E-state index is 13.2. The minimum atomic E-state index is -3.76. The zero-order valence-corrected chi connectivity index (χ0v) is 15.4. The van der Waals surface area contributed by atoms with Crippen molar-refractivity contribution in [1.82, 2.24) is 0 Å². The third-order valence-corrected chi connectivity index (χ3v) is 6.06. The Labute approximate surface area is 148 Å². The van der Waals surface area contributed by atoms with Gasteiger partial charge < -0.3 is 10.5 Å². The van der Waals surface area contributed by atoms with Gasteiger partial charge in [0, 0.05) is 13.0 Å². The first-order valence-corrected chi connectivity index (χ1v) is 9.92. The molecule has 140 valence electrons. The van der Waals surface area contributed by atoms with Crippen molar-refractivity contribution >= 4 is 21.6 Å². The normalized spacial score (nSPS) is 20.2. The van der Waals surface area contributed by atoms with Crippen LogP contribution < -0.4 is 10.0 Å². The Morgan fingerprint density at radius 3 is 2.56 bits per heavy atom. The van der Waals surface area contributed by atoms with Gasteiger partial charge in [-0.25, -0.2) is 12.8 Å². The summed E-state index contributed by atoms with van der Waals surface area (Å²) in [4.78, 5) is 11.1. The van der Waals surface area contributed by atoms with E-state index in [0.717, 1.165) is 17.1 Å². The minimum Gasteiger partial charge on any atom is -0.371 e. The quantitative estimate of drug-likeness (QED) is 0.794. The lowest BCUT2D eigenvalue weighted by molar-refractivity contribution is -0.117. The first-order chi connectivity index (χ1) is 11.6. The molecule has 8 heteroatoms. The molecule has 25 heavy (non-hydrogen) atoms. The number of anilines is 1. The lowest BCUT2D eigenvalue weighted by atomic mass is 9.96. The van der Waals surface area contributed by atoms with Crippen LogP contribution in [0, 0.1) is 5.82 Å². The van der Waals surface area contributed by atoms with Crippen molar-refractivity contribution in [3.8, 4) is 0 Å². The molecule has 2 N–H and O–H groups in total. The molecule has 1 aliphatic heterocycles. The minimum absolute atomic E-state index is 0.0839. The number of sulfonamides is 1. The number of nitrogens with two attached hydrogens (primary N) is 1. The van der Waals surface area contributed by atoms with Crippen LogP contribution in [0.4, 0.5) is 10.1 Å². The number of rotatable bonds is 7. The highest BCUT2D eigenvalue weighted by Crippen LogP contribution is 2.30. The molecule has 1 atom stereocenters. The number of nitrogens with zero attached hydrogens (tertiary/aromatic N) is 1. The maximum Gasteiger partial charge on any atom is 0.237 e. The Bertz CT molecular complexity index is 704. The van der Waals surface area contributed by atoms with Gasteiger partial charge in [0.15, 0.2) is 0 Å². The second-order valence-corrected chi connectivity index (χ2v) is 8.87. The van der Waals surface area contributed by atoms with Gasteiger partial charge in [-0.3, -0.25) is 9.10 Å². The molecule has 0 bridgehead atoms. The average molecular weight is 372 g/mol. The zero-order chi connectivity index (χ0) is 18.7. The summed E-state index contributed by atoms with van der Waals surface area (Å²) in [7, 11) is -3.76. The largest absolute Gasteiger partial charge is 0.371 e. The van der Waals surface area contributed by atoms with E-state index in [0.29, 0.717) is 12.1 Å². The number of hydrogen-bond donors (Lipinski definition) is 1. The molecule has 1 heterocycles. The van der Waals surface area contributed by atoms with Crippen molar-refractivity contribution in [2.24, 2.45) is 5.73 Å². The number of amides is 1. The van der Waals surface area contributed by atoms with Crippen molar-refractivity contribution < 1.29 is 22.3 Å². The predicted octanol–water partition coefficient (Wildman–Crippen LogP) is 2.18. The van der Waals surface area contributed by atoms with Crippen molar-refractivity contribution in [2.75, 3.05) is 16.6 Å². The number of hydrogen-bond acceptors (Lipinski definition) is 4. The van der Waals surface area contributed by atoms with Gasteiger partial charge >= 0.3 is 0 Å². The molecule has 0 aromatic heterocycles. The highest BCUT2D eigenvalue weighted by Gasteiger charge is 2.34. The molecular formula is C17H25FN2O4S. The SMILES string of the molecule is CC1(C)CCCC(CS(=O)(=O)N(CCC(N)=O)c2ccc(F)cc2)O1. The van der Waals surface area contributed by atoms with Crippen LogP contribution in [0.3, 0.4) is 0 Å². The molecular weight excluding hydrogens is 347 g/mol. The molecule has 0 spiro atoms. The Morgan fingerprint density at radius 2 is 2.00 bits per heavy atom. The third-order valence-electron chi connectivity index (χ3n) is 4.20. The summed E-state index contributed by atoms with van der Waals surface area (Å²) >= 11 is 0. The molecule has 1 amide bonds. The van der Waals surface area contributed by atoms with E-state index in [1.165, 1.54) is 24.3 Å². The Balaban J connectivity index is 2.21. The zero-order valence-electron chi connectivity index (χ0n) is 14.6. The Morgan fingerprint density at radius 1 is 1.36 bits per heavy atom. The van der Waals surface area contributed by atoms with E-state index in [2.05, 4.69) is 0 Å². The summed E-state index contributed by atoms with van der Waals surface area (Å²) in [5.74, 6) is -1.25. The van der Waals surface area contributed by atoms with Gasteiger partial charge in [-0.1, -0.05) is 0 Å². The fraction of sp³-hybridized carbons (Fsp3) is 0.588. The van der Waals surface area contributed by atoms with Crippen LogP contribution in [-0.4, -0.2) is 38.3 Å².